The SMILES string of the molecule is CCCN(CC)c1ncccc1[C@H](C)O. The molecule has 0 aliphatic rings. The molecule has 1 aromatic heterocycles. The Balaban J connectivity index is 2.99. The molecule has 0 aliphatic heterocycles. The molecule has 1 rings (SSSR count). The molecular formula is C12H20N2O. The van der Waals surface area contributed by atoms with Crippen LogP contribution >= 0.6 is 0 Å². The predicted molar refractivity (Wildman–Crippen MR) is 63.0 cm³/mol. The van der Waals surface area contributed by atoms with Crippen molar-refractivity contribution in [1.29, 1.82) is 0 Å². The number of rotatable bonds is 5. The highest BCUT2D eigenvalue weighted by atomic mass is 16.3. The van der Waals surface area contributed by atoms with Gasteiger partial charge in [-0.05, 0) is 26.3 Å². The van der Waals surface area contributed by atoms with Gasteiger partial charge in [-0.3, -0.25) is 0 Å². The lowest BCUT2D eigenvalue weighted by Crippen LogP contribution is -2.26. The zero-order valence-electron chi connectivity index (χ0n) is 9.77. The van der Waals surface area contributed by atoms with Crippen LogP contribution in [0.15, 0.2) is 18.3 Å². The highest BCUT2D eigenvalue weighted by Crippen LogP contribution is 2.23. The van der Waals surface area contributed by atoms with Gasteiger partial charge >= 0.3 is 0 Å². The fourth-order valence-electron chi connectivity index (χ4n) is 1.68. The maximum atomic E-state index is 9.65. The molecule has 0 fully saturated rings. The molecule has 0 spiro atoms. The number of hydrogen-bond donors (Lipinski definition) is 1. The summed E-state index contributed by atoms with van der Waals surface area (Å²) in [5.74, 6) is 0.914. The summed E-state index contributed by atoms with van der Waals surface area (Å²) >= 11 is 0. The number of pyridine rings is 1. The highest BCUT2D eigenvalue weighted by Gasteiger charge is 2.13. The number of nitrogens with zero attached hydrogens (tertiary/aromatic N) is 2. The molecule has 0 saturated heterocycles. The second-order valence-electron chi connectivity index (χ2n) is 3.67. The zero-order chi connectivity index (χ0) is 11.3. The van der Waals surface area contributed by atoms with Crippen molar-refractivity contribution in [2.24, 2.45) is 0 Å². The van der Waals surface area contributed by atoms with Crippen LogP contribution in [0.1, 0.15) is 38.9 Å². The minimum atomic E-state index is -0.459. The third-order valence-electron chi connectivity index (χ3n) is 2.44. The van der Waals surface area contributed by atoms with Gasteiger partial charge < -0.3 is 10.0 Å². The molecule has 3 heteroatoms. The van der Waals surface area contributed by atoms with Gasteiger partial charge in [-0.25, -0.2) is 4.98 Å². The normalized spacial score (nSPS) is 12.5. The molecule has 3 nitrogen and oxygen atoms in total. The van der Waals surface area contributed by atoms with Crippen LogP contribution in [0.4, 0.5) is 5.82 Å². The largest absolute Gasteiger partial charge is 0.389 e. The first kappa shape index (κ1) is 12.0. The van der Waals surface area contributed by atoms with Gasteiger partial charge in [0, 0.05) is 24.8 Å². The smallest absolute Gasteiger partial charge is 0.134 e. The standard InChI is InChI=1S/C12H20N2O/c1-4-9-14(5-2)12-11(10(3)15)7-6-8-13-12/h6-8,10,15H,4-5,9H2,1-3H3/t10-/m0/s1. The van der Waals surface area contributed by atoms with E-state index in [0.29, 0.717) is 0 Å². The van der Waals surface area contributed by atoms with Crippen molar-refractivity contribution >= 4 is 5.82 Å². The van der Waals surface area contributed by atoms with Crippen molar-refractivity contribution in [2.75, 3.05) is 18.0 Å². The second-order valence-corrected chi connectivity index (χ2v) is 3.67. The van der Waals surface area contributed by atoms with E-state index in [0.717, 1.165) is 30.9 Å². The molecule has 84 valence electrons. The topological polar surface area (TPSA) is 36.4 Å². The van der Waals surface area contributed by atoms with Gasteiger partial charge in [-0.1, -0.05) is 13.0 Å². The second kappa shape index (κ2) is 5.71. The number of hydrogen-bond acceptors (Lipinski definition) is 3. The Labute approximate surface area is 91.8 Å². The molecule has 15 heavy (non-hydrogen) atoms. The molecule has 1 N–H and O–H groups in total. The summed E-state index contributed by atoms with van der Waals surface area (Å²) in [6.45, 7) is 7.93. The van der Waals surface area contributed by atoms with Crippen molar-refractivity contribution in [3.63, 3.8) is 0 Å². The molecule has 0 unspecified atom stereocenters. The van der Waals surface area contributed by atoms with E-state index in [1.54, 1.807) is 13.1 Å². The average molecular weight is 208 g/mol. The molecule has 0 aromatic carbocycles. The first-order valence-corrected chi connectivity index (χ1v) is 5.58. The Kier molecular flexibility index (Phi) is 4.56. The third-order valence-corrected chi connectivity index (χ3v) is 2.44. The first-order valence-electron chi connectivity index (χ1n) is 5.58. The summed E-state index contributed by atoms with van der Waals surface area (Å²) in [5.41, 5.74) is 0.910. The fraction of sp³-hybridized carbons (Fsp3) is 0.583. The minimum Gasteiger partial charge on any atom is -0.389 e. The molecule has 0 amide bonds. The lowest BCUT2D eigenvalue weighted by atomic mass is 10.1. The van der Waals surface area contributed by atoms with Crippen molar-refractivity contribution in [3.05, 3.63) is 23.9 Å². The van der Waals surface area contributed by atoms with Crippen LogP contribution in [0.3, 0.4) is 0 Å². The van der Waals surface area contributed by atoms with Gasteiger partial charge in [0.25, 0.3) is 0 Å². The van der Waals surface area contributed by atoms with Crippen LogP contribution < -0.4 is 4.90 Å². The zero-order valence-corrected chi connectivity index (χ0v) is 9.77. The summed E-state index contributed by atoms with van der Waals surface area (Å²) in [5, 5.41) is 9.65. The van der Waals surface area contributed by atoms with Gasteiger partial charge in [-0.15, -0.1) is 0 Å². The summed E-state index contributed by atoms with van der Waals surface area (Å²) < 4.78 is 0. The molecule has 0 saturated carbocycles. The maximum absolute atomic E-state index is 9.65. The summed E-state index contributed by atoms with van der Waals surface area (Å²) in [6.07, 6.45) is 2.41. The van der Waals surface area contributed by atoms with Crippen molar-refractivity contribution in [2.45, 2.75) is 33.3 Å². The summed E-state index contributed by atoms with van der Waals surface area (Å²) in [6, 6.07) is 3.80. The van der Waals surface area contributed by atoms with Gasteiger partial charge in [0.15, 0.2) is 0 Å². The molecule has 1 atom stereocenters. The molecule has 1 heterocycles. The predicted octanol–water partition coefficient (Wildman–Crippen LogP) is 2.37. The van der Waals surface area contributed by atoms with Crippen LogP contribution in [0.5, 0.6) is 0 Å². The van der Waals surface area contributed by atoms with Gasteiger partial charge in [0.05, 0.1) is 6.10 Å². The van der Waals surface area contributed by atoms with Crippen molar-refractivity contribution in [1.82, 2.24) is 4.98 Å². The molecule has 0 aliphatic carbocycles. The van der Waals surface area contributed by atoms with Crippen LogP contribution in [-0.2, 0) is 0 Å². The molecule has 0 radical (unpaired) electrons. The van der Waals surface area contributed by atoms with E-state index >= 15 is 0 Å². The van der Waals surface area contributed by atoms with E-state index < -0.39 is 6.10 Å². The van der Waals surface area contributed by atoms with Crippen LogP contribution in [0.25, 0.3) is 0 Å². The third kappa shape index (κ3) is 2.93. The van der Waals surface area contributed by atoms with E-state index in [2.05, 4.69) is 23.7 Å². The van der Waals surface area contributed by atoms with Gasteiger partial charge in [0.1, 0.15) is 5.82 Å². The van der Waals surface area contributed by atoms with Crippen molar-refractivity contribution in [3.8, 4) is 0 Å². The van der Waals surface area contributed by atoms with Gasteiger partial charge in [0.2, 0.25) is 0 Å². The van der Waals surface area contributed by atoms with E-state index in [9.17, 15) is 5.11 Å². The van der Waals surface area contributed by atoms with E-state index in [-0.39, 0.29) is 0 Å². The molecule has 0 bridgehead atoms. The van der Waals surface area contributed by atoms with Crippen LogP contribution in [0.2, 0.25) is 0 Å². The van der Waals surface area contributed by atoms with Crippen molar-refractivity contribution < 1.29 is 5.11 Å². The number of anilines is 1. The van der Waals surface area contributed by atoms with E-state index in [4.69, 9.17) is 0 Å². The Morgan fingerprint density at radius 1 is 1.47 bits per heavy atom. The fourth-order valence-corrected chi connectivity index (χ4v) is 1.68. The Morgan fingerprint density at radius 3 is 2.73 bits per heavy atom. The Hall–Kier alpha value is -1.09. The minimum absolute atomic E-state index is 0.459. The quantitative estimate of drug-likeness (QED) is 0.807. The number of aliphatic hydroxyl groups is 1. The molecule has 1 aromatic rings. The maximum Gasteiger partial charge on any atom is 0.134 e. The Morgan fingerprint density at radius 2 is 2.20 bits per heavy atom. The lowest BCUT2D eigenvalue weighted by molar-refractivity contribution is 0.199. The monoisotopic (exact) mass is 208 g/mol. The average Bonchev–Trinajstić information content (AvgIpc) is 2.26. The summed E-state index contributed by atoms with van der Waals surface area (Å²) in [4.78, 5) is 6.55. The highest BCUT2D eigenvalue weighted by molar-refractivity contribution is 5.47. The van der Waals surface area contributed by atoms with Crippen LogP contribution in [-0.4, -0.2) is 23.2 Å². The van der Waals surface area contributed by atoms with E-state index in [1.807, 2.05) is 12.1 Å². The lowest BCUT2D eigenvalue weighted by Gasteiger charge is -2.24. The Bertz CT molecular complexity index is 299. The van der Waals surface area contributed by atoms with Crippen LogP contribution in [0, 0.1) is 0 Å². The van der Waals surface area contributed by atoms with E-state index in [1.165, 1.54) is 0 Å². The number of aliphatic hydroxyl groups excluding tert-OH is 1. The number of aromatic nitrogens is 1. The molecular weight excluding hydrogens is 188 g/mol. The first-order chi connectivity index (χ1) is 7.20. The summed E-state index contributed by atoms with van der Waals surface area (Å²) in [7, 11) is 0. The van der Waals surface area contributed by atoms with Gasteiger partial charge in [-0.2, -0.15) is 0 Å².